The van der Waals surface area contributed by atoms with Gasteiger partial charge in [-0.3, -0.25) is 4.90 Å². The Morgan fingerprint density at radius 2 is 2.12 bits per heavy atom. The van der Waals surface area contributed by atoms with E-state index < -0.39 is 0 Å². The average Bonchev–Trinajstić information content (AvgIpc) is 2.16. The van der Waals surface area contributed by atoms with Crippen LogP contribution in [0.4, 0.5) is 0 Å². The highest BCUT2D eigenvalue weighted by molar-refractivity contribution is 4.93. The zero-order chi connectivity index (χ0) is 12.3. The zero-order valence-corrected chi connectivity index (χ0v) is 11.6. The van der Waals surface area contributed by atoms with E-state index in [9.17, 15) is 0 Å². The van der Waals surface area contributed by atoms with Crippen LogP contribution in [0.25, 0.3) is 0 Å². The van der Waals surface area contributed by atoms with Gasteiger partial charge in [-0.15, -0.1) is 6.58 Å². The third kappa shape index (κ3) is 3.33. The van der Waals surface area contributed by atoms with E-state index in [1.807, 2.05) is 6.08 Å². The van der Waals surface area contributed by atoms with Gasteiger partial charge in [0.15, 0.2) is 0 Å². The monoisotopic (exact) mass is 224 g/mol. The van der Waals surface area contributed by atoms with Crippen LogP contribution in [-0.4, -0.2) is 36.1 Å². The van der Waals surface area contributed by atoms with Crippen LogP contribution >= 0.6 is 0 Å². The molecule has 1 fully saturated rings. The number of hydrogen-bond acceptors (Lipinski definition) is 2. The van der Waals surface area contributed by atoms with Gasteiger partial charge in [0, 0.05) is 31.2 Å². The predicted octanol–water partition coefficient (Wildman–Crippen LogP) is 2.66. The molecule has 16 heavy (non-hydrogen) atoms. The molecule has 0 bridgehead atoms. The Balaban J connectivity index is 2.65. The minimum atomic E-state index is 0.340. The van der Waals surface area contributed by atoms with Gasteiger partial charge < -0.3 is 5.32 Å². The van der Waals surface area contributed by atoms with Crippen LogP contribution in [0.3, 0.4) is 0 Å². The lowest BCUT2D eigenvalue weighted by atomic mass is 9.84. The molecule has 1 aliphatic heterocycles. The molecule has 3 atom stereocenters. The Hall–Kier alpha value is -0.340. The molecule has 0 aromatic rings. The maximum Gasteiger partial charge on any atom is 0.0244 e. The first-order valence-electron chi connectivity index (χ1n) is 6.46. The normalized spacial score (nSPS) is 30.1. The Kier molecular flexibility index (Phi) is 4.57. The summed E-state index contributed by atoms with van der Waals surface area (Å²) in [7, 11) is 0. The lowest BCUT2D eigenvalue weighted by Gasteiger charge is -2.46. The van der Waals surface area contributed by atoms with E-state index in [1.54, 1.807) is 0 Å². The summed E-state index contributed by atoms with van der Waals surface area (Å²) in [5.41, 5.74) is 0.340. The van der Waals surface area contributed by atoms with Gasteiger partial charge in [-0.2, -0.15) is 0 Å². The number of nitrogens with one attached hydrogen (secondary N) is 1. The lowest BCUT2D eigenvalue weighted by molar-refractivity contribution is 0.0641. The summed E-state index contributed by atoms with van der Waals surface area (Å²) in [6.45, 7) is 17.7. The molecule has 0 radical (unpaired) electrons. The minimum Gasteiger partial charge on any atom is -0.311 e. The van der Waals surface area contributed by atoms with Gasteiger partial charge in [-0.1, -0.05) is 26.8 Å². The van der Waals surface area contributed by atoms with Gasteiger partial charge in [0.2, 0.25) is 0 Å². The quantitative estimate of drug-likeness (QED) is 0.741. The van der Waals surface area contributed by atoms with Crippen molar-refractivity contribution in [2.45, 2.75) is 59.2 Å². The molecule has 1 saturated heterocycles. The average molecular weight is 224 g/mol. The van der Waals surface area contributed by atoms with Crippen molar-refractivity contribution in [2.75, 3.05) is 13.1 Å². The third-order valence-electron chi connectivity index (χ3n) is 3.74. The van der Waals surface area contributed by atoms with E-state index in [0.717, 1.165) is 19.5 Å². The molecule has 94 valence electrons. The number of rotatable bonds is 3. The summed E-state index contributed by atoms with van der Waals surface area (Å²) in [4.78, 5) is 2.62. The van der Waals surface area contributed by atoms with E-state index >= 15 is 0 Å². The van der Waals surface area contributed by atoms with Gasteiger partial charge in [0.25, 0.3) is 0 Å². The third-order valence-corrected chi connectivity index (χ3v) is 3.74. The van der Waals surface area contributed by atoms with E-state index in [4.69, 9.17) is 0 Å². The van der Waals surface area contributed by atoms with Crippen molar-refractivity contribution in [1.82, 2.24) is 10.2 Å². The largest absolute Gasteiger partial charge is 0.311 e. The molecule has 0 saturated carbocycles. The summed E-state index contributed by atoms with van der Waals surface area (Å²) in [5, 5.41) is 3.67. The Labute approximate surface area is 101 Å². The zero-order valence-electron chi connectivity index (χ0n) is 11.6. The molecule has 0 aliphatic carbocycles. The molecule has 0 aromatic heterocycles. The lowest BCUT2D eigenvalue weighted by Crippen LogP contribution is -2.61. The fourth-order valence-electron chi connectivity index (χ4n) is 2.46. The van der Waals surface area contributed by atoms with Crippen LogP contribution in [0.15, 0.2) is 12.7 Å². The molecule has 3 unspecified atom stereocenters. The summed E-state index contributed by atoms with van der Waals surface area (Å²) in [6.07, 6.45) is 3.12. The molecule has 1 N–H and O–H groups in total. The molecule has 0 spiro atoms. The van der Waals surface area contributed by atoms with Crippen molar-refractivity contribution >= 4 is 0 Å². The SMILES string of the molecule is C=CCC(C)N1CC(C(C)(C)C)NCC1C. The van der Waals surface area contributed by atoms with Crippen LogP contribution < -0.4 is 5.32 Å². The van der Waals surface area contributed by atoms with Crippen molar-refractivity contribution in [3.05, 3.63) is 12.7 Å². The first-order valence-corrected chi connectivity index (χ1v) is 6.46. The first kappa shape index (κ1) is 13.7. The molecular weight excluding hydrogens is 196 g/mol. The first-order chi connectivity index (χ1) is 7.36. The molecule has 1 heterocycles. The second-order valence-corrected chi connectivity index (χ2v) is 6.25. The van der Waals surface area contributed by atoms with Crippen LogP contribution in [0, 0.1) is 5.41 Å². The maximum atomic E-state index is 3.85. The summed E-state index contributed by atoms with van der Waals surface area (Å²) in [6, 6.07) is 1.84. The second kappa shape index (κ2) is 5.33. The number of nitrogens with zero attached hydrogens (tertiary/aromatic N) is 1. The van der Waals surface area contributed by atoms with Crippen molar-refractivity contribution in [3.63, 3.8) is 0 Å². The number of hydrogen-bond donors (Lipinski definition) is 1. The molecule has 1 aliphatic rings. The fourth-order valence-corrected chi connectivity index (χ4v) is 2.46. The highest BCUT2D eigenvalue weighted by atomic mass is 15.2. The molecule has 0 aromatic carbocycles. The molecule has 2 heteroatoms. The molecule has 2 nitrogen and oxygen atoms in total. The smallest absolute Gasteiger partial charge is 0.0244 e. The predicted molar refractivity (Wildman–Crippen MR) is 71.7 cm³/mol. The van der Waals surface area contributed by atoms with E-state index in [2.05, 4.69) is 51.4 Å². The summed E-state index contributed by atoms with van der Waals surface area (Å²) in [5.74, 6) is 0. The van der Waals surface area contributed by atoms with E-state index in [-0.39, 0.29) is 0 Å². The topological polar surface area (TPSA) is 15.3 Å². The van der Waals surface area contributed by atoms with Gasteiger partial charge in [0.05, 0.1) is 0 Å². The van der Waals surface area contributed by atoms with Crippen LogP contribution in [0.2, 0.25) is 0 Å². The van der Waals surface area contributed by atoms with Crippen molar-refractivity contribution in [2.24, 2.45) is 5.41 Å². The van der Waals surface area contributed by atoms with Crippen LogP contribution in [-0.2, 0) is 0 Å². The van der Waals surface area contributed by atoms with Crippen molar-refractivity contribution < 1.29 is 0 Å². The van der Waals surface area contributed by atoms with Crippen molar-refractivity contribution in [1.29, 1.82) is 0 Å². The Morgan fingerprint density at radius 3 is 2.62 bits per heavy atom. The van der Waals surface area contributed by atoms with Crippen molar-refractivity contribution in [3.8, 4) is 0 Å². The van der Waals surface area contributed by atoms with Crippen LogP contribution in [0.5, 0.6) is 0 Å². The van der Waals surface area contributed by atoms with Gasteiger partial charge in [-0.05, 0) is 25.7 Å². The molecule has 1 rings (SSSR count). The second-order valence-electron chi connectivity index (χ2n) is 6.25. The van der Waals surface area contributed by atoms with Crippen LogP contribution in [0.1, 0.15) is 41.0 Å². The van der Waals surface area contributed by atoms with Gasteiger partial charge in [0.1, 0.15) is 0 Å². The molecule has 0 amide bonds. The standard InChI is InChI=1S/C14H28N2/c1-7-8-11(2)16-10-13(14(4,5)6)15-9-12(16)3/h7,11-13,15H,1,8-10H2,2-6H3. The highest BCUT2D eigenvalue weighted by Gasteiger charge is 2.33. The maximum absolute atomic E-state index is 3.85. The highest BCUT2D eigenvalue weighted by Crippen LogP contribution is 2.25. The summed E-state index contributed by atoms with van der Waals surface area (Å²) < 4.78 is 0. The number of piperazine rings is 1. The minimum absolute atomic E-state index is 0.340. The van der Waals surface area contributed by atoms with Gasteiger partial charge in [-0.25, -0.2) is 0 Å². The van der Waals surface area contributed by atoms with E-state index in [1.165, 1.54) is 0 Å². The van der Waals surface area contributed by atoms with Gasteiger partial charge >= 0.3 is 0 Å². The fraction of sp³-hybridized carbons (Fsp3) is 0.857. The Bertz CT molecular complexity index is 229. The Morgan fingerprint density at radius 1 is 1.50 bits per heavy atom. The molecular formula is C14H28N2. The van der Waals surface area contributed by atoms with E-state index in [0.29, 0.717) is 23.5 Å². The summed E-state index contributed by atoms with van der Waals surface area (Å²) >= 11 is 0.